The topological polar surface area (TPSA) is 45.5 Å². The van der Waals surface area contributed by atoms with Crippen molar-refractivity contribution in [2.75, 3.05) is 19.6 Å². The number of halogens is 1. The van der Waals surface area contributed by atoms with Crippen LogP contribution in [-0.4, -0.2) is 46.3 Å². The van der Waals surface area contributed by atoms with Crippen LogP contribution in [0.2, 0.25) is 0 Å². The summed E-state index contributed by atoms with van der Waals surface area (Å²) >= 11 is 0. The molecule has 3 rings (SSSR count). The second kappa shape index (κ2) is 6.76. The molecule has 0 spiro atoms. The molecule has 1 saturated carbocycles. The van der Waals surface area contributed by atoms with Gasteiger partial charge in [0.1, 0.15) is 0 Å². The van der Waals surface area contributed by atoms with E-state index in [0.717, 1.165) is 25.6 Å². The summed E-state index contributed by atoms with van der Waals surface area (Å²) in [7, 11) is 1.98. The van der Waals surface area contributed by atoms with Crippen LogP contribution in [0.15, 0.2) is 17.4 Å². The number of likely N-dealkylation sites (tertiary alicyclic amines) is 1. The summed E-state index contributed by atoms with van der Waals surface area (Å²) in [5, 5.41) is 7.95. The van der Waals surface area contributed by atoms with Crippen LogP contribution >= 0.6 is 24.0 Å². The van der Waals surface area contributed by atoms with Crippen LogP contribution in [0, 0.1) is 5.41 Å². The Morgan fingerprint density at radius 3 is 2.77 bits per heavy atom. The highest BCUT2D eigenvalue weighted by Gasteiger charge is 2.46. The van der Waals surface area contributed by atoms with Crippen LogP contribution in [0.4, 0.5) is 0 Å². The highest BCUT2D eigenvalue weighted by molar-refractivity contribution is 14.0. The first-order chi connectivity index (χ1) is 9.99. The molecule has 1 N–H and O–H groups in total. The molecule has 2 atom stereocenters. The van der Waals surface area contributed by atoms with Crippen LogP contribution in [-0.2, 0) is 7.05 Å². The molecule has 5 nitrogen and oxygen atoms in total. The monoisotopic (exact) mass is 417 g/mol. The summed E-state index contributed by atoms with van der Waals surface area (Å²) in [5.74, 6) is 1.68. The molecule has 0 radical (unpaired) electrons. The molecule has 22 heavy (non-hydrogen) atoms. The van der Waals surface area contributed by atoms with Gasteiger partial charge in [0.05, 0.1) is 6.20 Å². The molecule has 1 saturated heterocycles. The molecule has 2 heterocycles. The number of aromatic nitrogens is 2. The van der Waals surface area contributed by atoms with E-state index >= 15 is 0 Å². The maximum Gasteiger partial charge on any atom is 0.194 e. The van der Waals surface area contributed by atoms with Gasteiger partial charge in [-0.05, 0) is 30.7 Å². The lowest BCUT2D eigenvalue weighted by molar-refractivity contribution is 0.473. The Labute approximate surface area is 150 Å². The largest absolute Gasteiger partial charge is 0.353 e. The molecule has 6 heteroatoms. The number of guanidine groups is 1. The zero-order valence-corrected chi connectivity index (χ0v) is 16.4. The van der Waals surface area contributed by atoms with Gasteiger partial charge in [-0.1, -0.05) is 13.8 Å². The lowest BCUT2D eigenvalue weighted by Crippen LogP contribution is -2.42. The maximum absolute atomic E-state index is 4.70. The standard InChI is InChI=1S/C16H27N5.HI/c1-5-17-15(19-14-8-16(14,2)3)21-7-6-12(11-21)13-9-18-20(4)10-13;/h9-10,12,14H,5-8,11H2,1-4H3,(H,17,19);1H. The van der Waals surface area contributed by atoms with Gasteiger partial charge in [0.25, 0.3) is 0 Å². The van der Waals surface area contributed by atoms with Crippen molar-refractivity contribution in [3.63, 3.8) is 0 Å². The Bertz CT molecular complexity index is 536. The molecule has 2 fully saturated rings. The molecule has 2 aliphatic rings. The van der Waals surface area contributed by atoms with Gasteiger partial charge < -0.3 is 10.2 Å². The van der Waals surface area contributed by atoms with Crippen molar-refractivity contribution in [2.24, 2.45) is 17.5 Å². The fraction of sp³-hybridized carbons (Fsp3) is 0.750. The highest BCUT2D eigenvalue weighted by atomic mass is 127. The van der Waals surface area contributed by atoms with E-state index in [-0.39, 0.29) is 24.0 Å². The van der Waals surface area contributed by atoms with Crippen molar-refractivity contribution in [3.8, 4) is 0 Å². The summed E-state index contributed by atoms with van der Waals surface area (Å²) in [6.07, 6.45) is 6.57. The van der Waals surface area contributed by atoms with E-state index in [1.165, 1.54) is 18.4 Å². The first kappa shape index (κ1) is 17.6. The molecule has 1 aliphatic heterocycles. The average molecular weight is 417 g/mol. The van der Waals surface area contributed by atoms with Gasteiger partial charge in [0.15, 0.2) is 5.96 Å². The predicted molar refractivity (Wildman–Crippen MR) is 101 cm³/mol. The quantitative estimate of drug-likeness (QED) is 0.467. The SMILES string of the molecule is CCN=C(NC1CC1(C)C)N1CCC(c2cnn(C)c2)C1.I. The summed E-state index contributed by atoms with van der Waals surface area (Å²) in [4.78, 5) is 7.11. The third-order valence-electron chi connectivity index (χ3n) is 4.81. The molecule has 0 bridgehead atoms. The van der Waals surface area contributed by atoms with Crippen molar-refractivity contribution < 1.29 is 0 Å². The average Bonchev–Trinajstić information content (AvgIpc) is 2.87. The molecule has 1 aromatic rings. The normalized spacial score (nSPS) is 26.7. The van der Waals surface area contributed by atoms with E-state index in [2.05, 4.69) is 42.3 Å². The molecule has 0 aromatic carbocycles. The Kier molecular flexibility index (Phi) is 5.40. The Morgan fingerprint density at radius 2 is 2.23 bits per heavy atom. The van der Waals surface area contributed by atoms with E-state index in [1.807, 2.05) is 17.9 Å². The predicted octanol–water partition coefficient (Wildman–Crippen LogP) is 2.59. The molecule has 124 valence electrons. The van der Waals surface area contributed by atoms with Crippen LogP contribution in [0.3, 0.4) is 0 Å². The third kappa shape index (κ3) is 3.75. The van der Waals surface area contributed by atoms with Crippen LogP contribution in [0.1, 0.15) is 45.1 Å². The highest BCUT2D eigenvalue weighted by Crippen LogP contribution is 2.44. The lowest BCUT2D eigenvalue weighted by atomic mass is 10.0. The molecule has 1 aromatic heterocycles. The van der Waals surface area contributed by atoms with Gasteiger partial charge in [-0.25, -0.2) is 0 Å². The summed E-state index contributed by atoms with van der Waals surface area (Å²) in [6.45, 7) is 9.70. The number of rotatable bonds is 3. The van der Waals surface area contributed by atoms with Gasteiger partial charge in [-0.3, -0.25) is 9.67 Å². The number of hydrogen-bond donors (Lipinski definition) is 1. The van der Waals surface area contributed by atoms with E-state index in [9.17, 15) is 0 Å². The minimum absolute atomic E-state index is 0. The summed E-state index contributed by atoms with van der Waals surface area (Å²) in [6, 6.07) is 0.584. The molecule has 0 amide bonds. The van der Waals surface area contributed by atoms with E-state index in [0.29, 0.717) is 17.4 Å². The van der Waals surface area contributed by atoms with Crippen molar-refractivity contribution in [2.45, 2.75) is 45.6 Å². The number of nitrogens with zero attached hydrogens (tertiary/aromatic N) is 4. The van der Waals surface area contributed by atoms with Crippen LogP contribution in [0.25, 0.3) is 0 Å². The number of aryl methyl sites for hydroxylation is 1. The molecular formula is C16H28IN5. The van der Waals surface area contributed by atoms with E-state index in [4.69, 9.17) is 4.99 Å². The summed E-state index contributed by atoms with van der Waals surface area (Å²) < 4.78 is 1.89. The van der Waals surface area contributed by atoms with Crippen molar-refractivity contribution in [1.82, 2.24) is 20.0 Å². The fourth-order valence-electron chi connectivity index (χ4n) is 3.13. The van der Waals surface area contributed by atoms with Gasteiger partial charge >= 0.3 is 0 Å². The Morgan fingerprint density at radius 1 is 1.50 bits per heavy atom. The maximum atomic E-state index is 4.70. The van der Waals surface area contributed by atoms with E-state index < -0.39 is 0 Å². The smallest absolute Gasteiger partial charge is 0.194 e. The molecular weight excluding hydrogens is 389 g/mol. The third-order valence-corrected chi connectivity index (χ3v) is 4.81. The molecule has 1 aliphatic carbocycles. The van der Waals surface area contributed by atoms with Gasteiger partial charge in [0, 0.05) is 44.8 Å². The zero-order chi connectivity index (χ0) is 15.0. The minimum Gasteiger partial charge on any atom is -0.353 e. The first-order valence-electron chi connectivity index (χ1n) is 8.04. The first-order valence-corrected chi connectivity index (χ1v) is 8.04. The second-order valence-corrected chi connectivity index (χ2v) is 7.07. The van der Waals surface area contributed by atoms with E-state index in [1.54, 1.807) is 0 Å². The number of aliphatic imine (C=N–C) groups is 1. The summed E-state index contributed by atoms with van der Waals surface area (Å²) in [5.41, 5.74) is 1.78. The number of nitrogens with one attached hydrogen (secondary N) is 1. The second-order valence-electron chi connectivity index (χ2n) is 7.07. The minimum atomic E-state index is 0. The molecule has 2 unspecified atom stereocenters. The van der Waals surface area contributed by atoms with Crippen molar-refractivity contribution in [3.05, 3.63) is 18.0 Å². The fourth-order valence-corrected chi connectivity index (χ4v) is 3.13. The van der Waals surface area contributed by atoms with Crippen molar-refractivity contribution in [1.29, 1.82) is 0 Å². The zero-order valence-electron chi connectivity index (χ0n) is 14.0. The van der Waals surface area contributed by atoms with Gasteiger partial charge in [-0.2, -0.15) is 5.10 Å². The van der Waals surface area contributed by atoms with Gasteiger partial charge in [0.2, 0.25) is 0 Å². The Hall–Kier alpha value is -0.790. The Balaban J connectivity index is 0.00000176. The van der Waals surface area contributed by atoms with Crippen molar-refractivity contribution >= 4 is 29.9 Å². The van der Waals surface area contributed by atoms with Crippen LogP contribution in [0.5, 0.6) is 0 Å². The van der Waals surface area contributed by atoms with Gasteiger partial charge in [-0.15, -0.1) is 24.0 Å². The number of hydrogen-bond acceptors (Lipinski definition) is 2. The lowest BCUT2D eigenvalue weighted by Gasteiger charge is -2.22. The van der Waals surface area contributed by atoms with Crippen LogP contribution < -0.4 is 5.32 Å².